The molecule has 0 saturated carbocycles. The first-order valence-corrected chi connectivity index (χ1v) is 9.79. The zero-order valence-electron chi connectivity index (χ0n) is 15.7. The van der Waals surface area contributed by atoms with Gasteiger partial charge >= 0.3 is 0 Å². The van der Waals surface area contributed by atoms with Crippen molar-refractivity contribution >= 4 is 45.8 Å². The molecule has 1 aromatic carbocycles. The molecule has 0 aliphatic rings. The second-order valence-corrected chi connectivity index (χ2v) is 7.24. The number of halogens is 2. The SMILES string of the molecule is CCN(CC)C(=O)c1sc(NC(=O)C=Cc2c(F)cccc2Cl)c(C#N)c1C. The van der Waals surface area contributed by atoms with Crippen LogP contribution in [-0.4, -0.2) is 29.8 Å². The molecule has 8 heteroatoms. The zero-order valence-corrected chi connectivity index (χ0v) is 17.2. The number of nitrogens with one attached hydrogen (secondary N) is 1. The molecule has 2 rings (SSSR count). The third-order valence-electron chi connectivity index (χ3n) is 4.14. The fourth-order valence-electron chi connectivity index (χ4n) is 2.58. The van der Waals surface area contributed by atoms with Gasteiger partial charge in [-0.15, -0.1) is 11.3 Å². The first kappa shape index (κ1) is 21.6. The van der Waals surface area contributed by atoms with Crippen LogP contribution in [0.3, 0.4) is 0 Å². The number of benzene rings is 1. The highest BCUT2D eigenvalue weighted by molar-refractivity contribution is 7.18. The van der Waals surface area contributed by atoms with Crippen molar-refractivity contribution in [3.8, 4) is 6.07 Å². The van der Waals surface area contributed by atoms with Crippen LogP contribution in [0, 0.1) is 24.1 Å². The van der Waals surface area contributed by atoms with Crippen LogP contribution in [0.25, 0.3) is 6.08 Å². The van der Waals surface area contributed by atoms with E-state index < -0.39 is 11.7 Å². The number of nitriles is 1. The summed E-state index contributed by atoms with van der Waals surface area (Å²) in [5, 5.41) is 12.5. The summed E-state index contributed by atoms with van der Waals surface area (Å²) in [7, 11) is 0. The van der Waals surface area contributed by atoms with Gasteiger partial charge in [0.05, 0.1) is 15.5 Å². The second-order valence-electron chi connectivity index (χ2n) is 5.81. The van der Waals surface area contributed by atoms with Crippen molar-refractivity contribution in [3.63, 3.8) is 0 Å². The van der Waals surface area contributed by atoms with E-state index in [9.17, 15) is 19.2 Å². The first-order chi connectivity index (χ1) is 13.3. The fourth-order valence-corrected chi connectivity index (χ4v) is 3.93. The van der Waals surface area contributed by atoms with Gasteiger partial charge in [0.15, 0.2) is 0 Å². The van der Waals surface area contributed by atoms with Crippen molar-refractivity contribution in [2.24, 2.45) is 0 Å². The molecule has 1 heterocycles. The molecule has 0 aliphatic carbocycles. The molecule has 0 atom stereocenters. The first-order valence-electron chi connectivity index (χ1n) is 8.59. The predicted octanol–water partition coefficient (Wildman–Crippen LogP) is 4.85. The molecule has 2 amide bonds. The Kier molecular flexibility index (Phi) is 7.32. The maximum absolute atomic E-state index is 13.8. The average molecular weight is 420 g/mol. The molecule has 1 N–H and O–H groups in total. The van der Waals surface area contributed by atoms with Crippen LogP contribution < -0.4 is 5.32 Å². The molecular weight excluding hydrogens is 401 g/mol. The predicted molar refractivity (Wildman–Crippen MR) is 110 cm³/mol. The number of thiophene rings is 1. The van der Waals surface area contributed by atoms with E-state index in [0.29, 0.717) is 23.5 Å². The molecular formula is C20H19ClFN3O2S. The van der Waals surface area contributed by atoms with E-state index in [1.54, 1.807) is 11.8 Å². The molecule has 146 valence electrons. The summed E-state index contributed by atoms with van der Waals surface area (Å²) in [4.78, 5) is 26.9. The topological polar surface area (TPSA) is 73.2 Å². The Hall–Kier alpha value is -2.69. The summed E-state index contributed by atoms with van der Waals surface area (Å²) >= 11 is 6.99. The molecule has 28 heavy (non-hydrogen) atoms. The van der Waals surface area contributed by atoms with Gasteiger partial charge in [0.1, 0.15) is 16.9 Å². The smallest absolute Gasteiger partial charge is 0.264 e. The lowest BCUT2D eigenvalue weighted by Gasteiger charge is -2.17. The summed E-state index contributed by atoms with van der Waals surface area (Å²) in [6, 6.07) is 6.26. The van der Waals surface area contributed by atoms with E-state index in [-0.39, 0.29) is 27.1 Å². The van der Waals surface area contributed by atoms with E-state index in [4.69, 9.17) is 11.6 Å². The Balaban J connectivity index is 2.27. The number of hydrogen-bond acceptors (Lipinski definition) is 4. The van der Waals surface area contributed by atoms with Crippen molar-refractivity contribution < 1.29 is 14.0 Å². The highest BCUT2D eigenvalue weighted by Gasteiger charge is 2.23. The third-order valence-corrected chi connectivity index (χ3v) is 5.67. The summed E-state index contributed by atoms with van der Waals surface area (Å²) in [6.07, 6.45) is 2.40. The van der Waals surface area contributed by atoms with Gasteiger partial charge in [0, 0.05) is 24.7 Å². The number of rotatable bonds is 6. The van der Waals surface area contributed by atoms with Gasteiger partial charge in [0.2, 0.25) is 5.91 Å². The number of nitrogens with zero attached hydrogens (tertiary/aromatic N) is 2. The highest BCUT2D eigenvalue weighted by atomic mass is 35.5. The Morgan fingerprint density at radius 2 is 2.04 bits per heavy atom. The van der Waals surface area contributed by atoms with Crippen molar-refractivity contribution in [1.29, 1.82) is 5.26 Å². The Morgan fingerprint density at radius 3 is 2.61 bits per heavy atom. The Morgan fingerprint density at radius 1 is 1.36 bits per heavy atom. The van der Waals surface area contributed by atoms with Gasteiger partial charge in [-0.3, -0.25) is 9.59 Å². The number of hydrogen-bond donors (Lipinski definition) is 1. The minimum atomic E-state index is -0.557. The van der Waals surface area contributed by atoms with Gasteiger partial charge in [0.25, 0.3) is 5.91 Å². The molecule has 0 fully saturated rings. The molecule has 2 aromatic rings. The van der Waals surface area contributed by atoms with E-state index in [0.717, 1.165) is 17.4 Å². The standard InChI is InChI=1S/C20H19ClFN3O2S/c1-4-25(5-2)20(27)18-12(3)14(11-23)19(28-18)24-17(26)10-9-13-15(21)7-6-8-16(13)22/h6-10H,4-5H2,1-3H3,(H,24,26). The monoisotopic (exact) mass is 419 g/mol. The molecule has 0 saturated heterocycles. The molecule has 0 aliphatic heterocycles. The lowest BCUT2D eigenvalue weighted by atomic mass is 10.1. The molecule has 0 unspecified atom stereocenters. The zero-order chi connectivity index (χ0) is 20.8. The van der Waals surface area contributed by atoms with Gasteiger partial charge in [-0.2, -0.15) is 5.26 Å². The van der Waals surface area contributed by atoms with E-state index >= 15 is 0 Å². The minimum absolute atomic E-state index is 0.0968. The van der Waals surface area contributed by atoms with Crippen LogP contribution in [0.15, 0.2) is 24.3 Å². The third kappa shape index (κ3) is 4.58. The number of carbonyl (C=O) groups is 2. The van der Waals surface area contributed by atoms with E-state index in [2.05, 4.69) is 5.32 Å². The summed E-state index contributed by atoms with van der Waals surface area (Å²) in [5.74, 6) is -1.29. The van der Waals surface area contributed by atoms with E-state index in [1.165, 1.54) is 24.3 Å². The van der Waals surface area contributed by atoms with Gasteiger partial charge in [-0.25, -0.2) is 4.39 Å². The van der Waals surface area contributed by atoms with Gasteiger partial charge in [-0.1, -0.05) is 17.7 Å². The largest absolute Gasteiger partial charge is 0.338 e. The van der Waals surface area contributed by atoms with Crippen molar-refractivity contribution in [2.45, 2.75) is 20.8 Å². The van der Waals surface area contributed by atoms with Gasteiger partial charge in [-0.05, 0) is 44.5 Å². The second kappa shape index (κ2) is 9.49. The highest BCUT2D eigenvalue weighted by Crippen LogP contribution is 2.33. The molecule has 5 nitrogen and oxygen atoms in total. The summed E-state index contributed by atoms with van der Waals surface area (Å²) in [5.41, 5.74) is 0.867. The Bertz CT molecular complexity index is 954. The maximum Gasteiger partial charge on any atom is 0.264 e. The molecule has 1 aromatic heterocycles. The van der Waals surface area contributed by atoms with E-state index in [1.807, 2.05) is 19.9 Å². The normalized spacial score (nSPS) is 10.7. The van der Waals surface area contributed by atoms with Crippen molar-refractivity contribution in [3.05, 3.63) is 56.7 Å². The quantitative estimate of drug-likeness (QED) is 0.680. The van der Waals surface area contributed by atoms with Crippen molar-refractivity contribution in [1.82, 2.24) is 4.90 Å². The average Bonchev–Trinajstić information content (AvgIpc) is 2.97. The van der Waals surface area contributed by atoms with Crippen LogP contribution >= 0.6 is 22.9 Å². The molecule has 0 spiro atoms. The summed E-state index contributed by atoms with van der Waals surface area (Å²) < 4.78 is 13.8. The summed E-state index contributed by atoms with van der Waals surface area (Å²) in [6.45, 7) is 6.51. The lowest BCUT2D eigenvalue weighted by molar-refractivity contribution is -0.111. The van der Waals surface area contributed by atoms with Crippen molar-refractivity contribution in [2.75, 3.05) is 18.4 Å². The molecule has 0 radical (unpaired) electrons. The number of amides is 2. The van der Waals surface area contributed by atoms with Crippen LogP contribution in [0.4, 0.5) is 9.39 Å². The van der Waals surface area contributed by atoms with Crippen LogP contribution in [-0.2, 0) is 4.79 Å². The molecule has 0 bridgehead atoms. The van der Waals surface area contributed by atoms with Crippen LogP contribution in [0.2, 0.25) is 5.02 Å². The van der Waals surface area contributed by atoms with Gasteiger partial charge < -0.3 is 10.2 Å². The van der Waals surface area contributed by atoms with Crippen LogP contribution in [0.1, 0.15) is 40.2 Å². The Labute approximate surface area is 172 Å². The fraction of sp³-hybridized carbons (Fsp3) is 0.250. The number of anilines is 1. The lowest BCUT2D eigenvalue weighted by Crippen LogP contribution is -2.30. The van der Waals surface area contributed by atoms with Crippen LogP contribution in [0.5, 0.6) is 0 Å². The number of carbonyl (C=O) groups excluding carboxylic acids is 2. The maximum atomic E-state index is 13.8. The minimum Gasteiger partial charge on any atom is -0.338 e.